The van der Waals surface area contributed by atoms with Crippen molar-refractivity contribution in [2.75, 3.05) is 0 Å². The van der Waals surface area contributed by atoms with Gasteiger partial charge in [-0.1, -0.05) is 24.3 Å². The van der Waals surface area contributed by atoms with Crippen molar-refractivity contribution in [1.29, 1.82) is 0 Å². The molecule has 0 N–H and O–H groups in total. The molecule has 2 heterocycles. The molecule has 2 aromatic heterocycles. The summed E-state index contributed by atoms with van der Waals surface area (Å²) in [6, 6.07) is 8.07. The molecule has 0 fully saturated rings. The summed E-state index contributed by atoms with van der Waals surface area (Å²) in [6.45, 7) is 0. The molecule has 11 heavy (non-hydrogen) atoms. The Kier molecular flexibility index (Phi) is 8.14. The quantitative estimate of drug-likeness (QED) is 0.642. The minimum absolute atomic E-state index is 0. The van der Waals surface area contributed by atoms with Crippen LogP contribution in [0.1, 0.15) is 0 Å². The van der Waals surface area contributed by atoms with E-state index < -0.39 is 0 Å². The van der Waals surface area contributed by atoms with Gasteiger partial charge >= 0.3 is 0 Å². The number of thiophene rings is 2. The molecule has 0 saturated heterocycles. The predicted octanol–water partition coefficient (Wildman–Crippen LogP) is 3.49. The summed E-state index contributed by atoms with van der Waals surface area (Å²) in [5.74, 6) is 0. The second-order valence-corrected chi connectivity index (χ2v) is 3.22. The van der Waals surface area contributed by atoms with Crippen LogP contribution in [0.3, 0.4) is 0 Å². The third-order valence-corrected chi connectivity index (χ3v) is 2.11. The molecule has 0 aromatic carbocycles. The van der Waals surface area contributed by atoms with Gasteiger partial charge in [0.05, 0.1) is 0 Å². The second-order valence-electron chi connectivity index (χ2n) is 1.59. The van der Waals surface area contributed by atoms with Gasteiger partial charge in [0.15, 0.2) is 0 Å². The Hall–Kier alpha value is 0.0234. The monoisotopic (exact) mass is 270 g/mol. The fraction of sp³-hybridized carbons (Fsp3) is 0. The van der Waals surface area contributed by atoms with Crippen molar-refractivity contribution in [3.8, 4) is 0 Å². The molecule has 2 rings (SSSR count). The number of rotatable bonds is 0. The first kappa shape index (κ1) is 11.0. The summed E-state index contributed by atoms with van der Waals surface area (Å²) >= 11 is 3.43. The molecule has 0 atom stereocenters. The SMILES string of the molecule is [Ru].c1ccsc1.c1ccsc1. The van der Waals surface area contributed by atoms with Crippen molar-refractivity contribution in [3.63, 3.8) is 0 Å². The molecule has 2 aromatic rings. The van der Waals surface area contributed by atoms with Crippen LogP contribution in [0.4, 0.5) is 0 Å². The van der Waals surface area contributed by atoms with E-state index in [9.17, 15) is 0 Å². The van der Waals surface area contributed by atoms with E-state index in [-0.39, 0.29) is 19.5 Å². The van der Waals surface area contributed by atoms with Crippen LogP contribution in [-0.2, 0) is 19.5 Å². The van der Waals surface area contributed by atoms with Gasteiger partial charge in [-0.15, -0.1) is 0 Å². The van der Waals surface area contributed by atoms with E-state index in [2.05, 4.69) is 0 Å². The predicted molar refractivity (Wildman–Crippen MR) is 48.6 cm³/mol. The normalized spacial score (nSPS) is 7.27. The van der Waals surface area contributed by atoms with Crippen LogP contribution in [0.2, 0.25) is 0 Å². The molecule has 0 unspecified atom stereocenters. The average Bonchev–Trinajstić information content (AvgIpc) is 2.67. The van der Waals surface area contributed by atoms with Crippen molar-refractivity contribution in [2.24, 2.45) is 0 Å². The van der Waals surface area contributed by atoms with Crippen molar-refractivity contribution in [1.82, 2.24) is 0 Å². The Morgan fingerprint density at radius 1 is 0.545 bits per heavy atom. The van der Waals surface area contributed by atoms with E-state index in [1.807, 2.05) is 45.8 Å². The maximum atomic E-state index is 2.04. The van der Waals surface area contributed by atoms with Crippen molar-refractivity contribution >= 4 is 22.7 Å². The minimum Gasteiger partial charge on any atom is -0.152 e. The van der Waals surface area contributed by atoms with Gasteiger partial charge in [-0.25, -0.2) is 0 Å². The Labute approximate surface area is 87.7 Å². The van der Waals surface area contributed by atoms with Crippen molar-refractivity contribution < 1.29 is 19.5 Å². The van der Waals surface area contributed by atoms with Crippen LogP contribution in [-0.4, -0.2) is 0 Å². The van der Waals surface area contributed by atoms with Gasteiger partial charge in [-0.2, -0.15) is 22.7 Å². The average molecular weight is 269 g/mol. The summed E-state index contributed by atoms with van der Waals surface area (Å²) in [4.78, 5) is 0. The first-order valence-electron chi connectivity index (χ1n) is 2.94. The van der Waals surface area contributed by atoms with Crippen molar-refractivity contribution in [2.45, 2.75) is 0 Å². The maximum Gasteiger partial charge on any atom is 0 e. The van der Waals surface area contributed by atoms with Gasteiger partial charge in [0.25, 0.3) is 0 Å². The smallest absolute Gasteiger partial charge is 0 e. The first-order valence-corrected chi connectivity index (χ1v) is 4.83. The third kappa shape index (κ3) is 6.42. The van der Waals surface area contributed by atoms with Crippen molar-refractivity contribution in [3.05, 3.63) is 45.8 Å². The van der Waals surface area contributed by atoms with Crippen LogP contribution in [0.5, 0.6) is 0 Å². The van der Waals surface area contributed by atoms with E-state index in [1.54, 1.807) is 22.7 Å². The molecule has 0 aliphatic carbocycles. The van der Waals surface area contributed by atoms with E-state index >= 15 is 0 Å². The Bertz CT molecular complexity index is 151. The van der Waals surface area contributed by atoms with Crippen LogP contribution in [0, 0.1) is 0 Å². The molecule has 0 amide bonds. The maximum absolute atomic E-state index is 2.04. The van der Waals surface area contributed by atoms with E-state index in [0.29, 0.717) is 0 Å². The molecular weight excluding hydrogens is 261 g/mol. The summed E-state index contributed by atoms with van der Waals surface area (Å²) in [7, 11) is 0. The first-order chi connectivity index (χ1) is 5.00. The summed E-state index contributed by atoms with van der Waals surface area (Å²) < 4.78 is 0. The van der Waals surface area contributed by atoms with Gasteiger partial charge in [0.1, 0.15) is 0 Å². The molecule has 3 heteroatoms. The van der Waals surface area contributed by atoms with Crippen LogP contribution < -0.4 is 0 Å². The summed E-state index contributed by atoms with van der Waals surface area (Å²) in [5.41, 5.74) is 0. The summed E-state index contributed by atoms with van der Waals surface area (Å²) in [6.07, 6.45) is 0. The molecule has 0 saturated carbocycles. The van der Waals surface area contributed by atoms with E-state index in [0.717, 1.165) is 0 Å². The largest absolute Gasteiger partial charge is 0.152 e. The topological polar surface area (TPSA) is 0 Å². The molecule has 0 bridgehead atoms. The minimum atomic E-state index is 0. The zero-order chi connectivity index (χ0) is 7.07. The molecule has 0 aliphatic heterocycles. The Morgan fingerprint density at radius 2 is 0.818 bits per heavy atom. The molecule has 0 spiro atoms. The summed E-state index contributed by atoms with van der Waals surface area (Å²) in [5, 5.41) is 8.17. The molecule has 0 nitrogen and oxygen atoms in total. The van der Waals surface area contributed by atoms with Gasteiger partial charge in [-0.3, -0.25) is 0 Å². The zero-order valence-electron chi connectivity index (χ0n) is 5.79. The standard InChI is InChI=1S/2C4H4S.Ru/c2*1-2-4-5-3-1;/h2*1-4H;. The third-order valence-electron chi connectivity index (χ3n) is 0.851. The zero-order valence-corrected chi connectivity index (χ0v) is 9.16. The molecule has 0 aliphatic rings. The van der Waals surface area contributed by atoms with Crippen LogP contribution in [0.25, 0.3) is 0 Å². The number of hydrogen-bond donors (Lipinski definition) is 0. The molecular formula is C8H8RuS2. The Balaban J connectivity index is 0.000000167. The van der Waals surface area contributed by atoms with E-state index in [1.165, 1.54) is 0 Å². The van der Waals surface area contributed by atoms with Crippen LogP contribution >= 0.6 is 22.7 Å². The molecule has 0 radical (unpaired) electrons. The van der Waals surface area contributed by atoms with Gasteiger partial charge in [0, 0.05) is 19.5 Å². The van der Waals surface area contributed by atoms with Gasteiger partial charge in [-0.05, 0) is 21.5 Å². The van der Waals surface area contributed by atoms with Crippen LogP contribution in [0.15, 0.2) is 45.8 Å². The van der Waals surface area contributed by atoms with Gasteiger partial charge in [0.2, 0.25) is 0 Å². The Morgan fingerprint density at radius 3 is 0.909 bits per heavy atom. The number of hydrogen-bond acceptors (Lipinski definition) is 2. The molecule has 60 valence electrons. The second kappa shape index (κ2) is 8.12. The van der Waals surface area contributed by atoms with Gasteiger partial charge < -0.3 is 0 Å². The van der Waals surface area contributed by atoms with E-state index in [4.69, 9.17) is 0 Å². The fourth-order valence-corrected chi connectivity index (χ4v) is 1.36. The fourth-order valence-electron chi connectivity index (χ4n) is 0.454.